The van der Waals surface area contributed by atoms with Crippen molar-refractivity contribution >= 4 is 5.91 Å². The van der Waals surface area contributed by atoms with Gasteiger partial charge in [0.2, 0.25) is 5.91 Å². The summed E-state index contributed by atoms with van der Waals surface area (Å²) in [6.07, 6.45) is 3.12. The molecule has 25 heavy (non-hydrogen) atoms. The molecule has 2 aromatic rings. The molecule has 0 bridgehead atoms. The Morgan fingerprint density at radius 1 is 0.920 bits per heavy atom. The summed E-state index contributed by atoms with van der Waals surface area (Å²) in [4.78, 5) is 11.9. The van der Waals surface area contributed by atoms with Crippen LogP contribution in [0, 0.1) is 6.92 Å². The molecule has 134 valence electrons. The first kappa shape index (κ1) is 18.8. The van der Waals surface area contributed by atoms with Gasteiger partial charge in [0.1, 0.15) is 0 Å². The SMILES string of the molecule is COc1ccc(CCNC(=O)CCCc2ccc(C)cc2)cc1OC. The van der Waals surface area contributed by atoms with Crippen molar-refractivity contribution in [3.63, 3.8) is 0 Å². The number of nitrogens with one attached hydrogen (secondary N) is 1. The molecule has 0 aliphatic heterocycles. The van der Waals surface area contributed by atoms with Gasteiger partial charge in [-0.05, 0) is 49.4 Å². The highest BCUT2D eigenvalue weighted by Crippen LogP contribution is 2.27. The quantitative estimate of drug-likeness (QED) is 0.757. The van der Waals surface area contributed by atoms with Crippen molar-refractivity contribution in [2.24, 2.45) is 0 Å². The van der Waals surface area contributed by atoms with Crippen LogP contribution in [-0.2, 0) is 17.6 Å². The fourth-order valence-electron chi connectivity index (χ4n) is 2.68. The zero-order valence-corrected chi connectivity index (χ0v) is 15.3. The van der Waals surface area contributed by atoms with Gasteiger partial charge in [0.25, 0.3) is 0 Å². The number of rotatable bonds is 9. The van der Waals surface area contributed by atoms with Crippen LogP contribution in [0.4, 0.5) is 0 Å². The topological polar surface area (TPSA) is 47.6 Å². The molecule has 0 heterocycles. The minimum Gasteiger partial charge on any atom is -0.493 e. The van der Waals surface area contributed by atoms with Gasteiger partial charge in [-0.1, -0.05) is 35.9 Å². The van der Waals surface area contributed by atoms with Gasteiger partial charge in [0.15, 0.2) is 11.5 Å². The van der Waals surface area contributed by atoms with Gasteiger partial charge in [-0.3, -0.25) is 4.79 Å². The Kier molecular flexibility index (Phi) is 7.33. The zero-order chi connectivity index (χ0) is 18.1. The highest BCUT2D eigenvalue weighted by atomic mass is 16.5. The molecule has 4 nitrogen and oxygen atoms in total. The molecule has 2 aromatic carbocycles. The van der Waals surface area contributed by atoms with Crippen molar-refractivity contribution < 1.29 is 14.3 Å². The number of amides is 1. The number of aryl methyl sites for hydroxylation is 2. The Morgan fingerprint density at radius 2 is 1.60 bits per heavy atom. The van der Waals surface area contributed by atoms with E-state index in [2.05, 4.69) is 36.5 Å². The first-order valence-electron chi connectivity index (χ1n) is 8.65. The molecule has 0 saturated heterocycles. The summed E-state index contributed by atoms with van der Waals surface area (Å²) in [5.74, 6) is 1.53. The molecule has 0 spiro atoms. The predicted molar refractivity (Wildman–Crippen MR) is 100 cm³/mol. The molecule has 0 radical (unpaired) electrons. The Balaban J connectivity index is 1.69. The average molecular weight is 341 g/mol. The molecule has 2 rings (SSSR count). The number of hydrogen-bond donors (Lipinski definition) is 1. The van der Waals surface area contributed by atoms with Crippen molar-refractivity contribution in [2.75, 3.05) is 20.8 Å². The summed E-state index contributed by atoms with van der Waals surface area (Å²) in [7, 11) is 3.24. The van der Waals surface area contributed by atoms with Crippen molar-refractivity contribution in [1.29, 1.82) is 0 Å². The van der Waals surface area contributed by atoms with Gasteiger partial charge in [0.05, 0.1) is 14.2 Å². The van der Waals surface area contributed by atoms with Crippen molar-refractivity contribution in [3.8, 4) is 11.5 Å². The minimum absolute atomic E-state index is 0.104. The first-order valence-corrected chi connectivity index (χ1v) is 8.65. The van der Waals surface area contributed by atoms with E-state index in [-0.39, 0.29) is 5.91 Å². The van der Waals surface area contributed by atoms with E-state index in [1.165, 1.54) is 11.1 Å². The maximum absolute atomic E-state index is 11.9. The lowest BCUT2D eigenvalue weighted by Crippen LogP contribution is -2.25. The van der Waals surface area contributed by atoms with Crippen molar-refractivity contribution in [1.82, 2.24) is 5.32 Å². The molecule has 0 fully saturated rings. The second kappa shape index (κ2) is 9.72. The van der Waals surface area contributed by atoms with Crippen LogP contribution >= 0.6 is 0 Å². The van der Waals surface area contributed by atoms with Gasteiger partial charge < -0.3 is 14.8 Å². The van der Waals surface area contributed by atoms with E-state index in [0.29, 0.717) is 24.5 Å². The lowest BCUT2D eigenvalue weighted by molar-refractivity contribution is -0.121. The van der Waals surface area contributed by atoms with E-state index >= 15 is 0 Å². The minimum atomic E-state index is 0.104. The van der Waals surface area contributed by atoms with E-state index < -0.39 is 0 Å². The predicted octanol–water partition coefficient (Wildman–Crippen LogP) is 3.69. The lowest BCUT2D eigenvalue weighted by Gasteiger charge is -2.10. The van der Waals surface area contributed by atoms with E-state index in [1.807, 2.05) is 18.2 Å². The monoisotopic (exact) mass is 341 g/mol. The smallest absolute Gasteiger partial charge is 0.220 e. The van der Waals surface area contributed by atoms with Gasteiger partial charge in [-0.25, -0.2) is 0 Å². The van der Waals surface area contributed by atoms with Gasteiger partial charge in [-0.15, -0.1) is 0 Å². The molecule has 0 atom stereocenters. The zero-order valence-electron chi connectivity index (χ0n) is 15.3. The highest BCUT2D eigenvalue weighted by molar-refractivity contribution is 5.75. The van der Waals surface area contributed by atoms with Crippen LogP contribution in [0.3, 0.4) is 0 Å². The number of ether oxygens (including phenoxy) is 2. The molecule has 1 N–H and O–H groups in total. The van der Waals surface area contributed by atoms with Crippen LogP contribution < -0.4 is 14.8 Å². The lowest BCUT2D eigenvalue weighted by atomic mass is 10.1. The second-order valence-corrected chi connectivity index (χ2v) is 6.13. The summed E-state index contributed by atoms with van der Waals surface area (Å²) >= 11 is 0. The van der Waals surface area contributed by atoms with Crippen LogP contribution in [-0.4, -0.2) is 26.7 Å². The molecule has 0 aliphatic carbocycles. The van der Waals surface area contributed by atoms with Crippen LogP contribution in [0.1, 0.15) is 29.5 Å². The van der Waals surface area contributed by atoms with E-state index in [4.69, 9.17) is 9.47 Å². The third-order valence-electron chi connectivity index (χ3n) is 4.17. The molecule has 0 unspecified atom stereocenters. The van der Waals surface area contributed by atoms with Crippen molar-refractivity contribution in [3.05, 3.63) is 59.2 Å². The van der Waals surface area contributed by atoms with Gasteiger partial charge in [-0.2, -0.15) is 0 Å². The number of carbonyl (C=O) groups excluding carboxylic acids is 1. The summed E-state index contributed by atoms with van der Waals surface area (Å²) in [6, 6.07) is 14.3. The molecule has 0 aromatic heterocycles. The van der Waals surface area contributed by atoms with E-state index in [0.717, 1.165) is 24.8 Å². The third-order valence-corrected chi connectivity index (χ3v) is 4.17. The second-order valence-electron chi connectivity index (χ2n) is 6.13. The maximum Gasteiger partial charge on any atom is 0.220 e. The largest absolute Gasteiger partial charge is 0.493 e. The Morgan fingerprint density at radius 3 is 2.28 bits per heavy atom. The van der Waals surface area contributed by atoms with Gasteiger partial charge in [0, 0.05) is 13.0 Å². The van der Waals surface area contributed by atoms with Gasteiger partial charge >= 0.3 is 0 Å². The maximum atomic E-state index is 11.9. The van der Waals surface area contributed by atoms with Crippen LogP contribution in [0.25, 0.3) is 0 Å². The summed E-state index contributed by atoms with van der Waals surface area (Å²) in [5, 5.41) is 2.98. The van der Waals surface area contributed by atoms with Crippen LogP contribution in [0.15, 0.2) is 42.5 Å². The van der Waals surface area contributed by atoms with E-state index in [9.17, 15) is 4.79 Å². The van der Waals surface area contributed by atoms with Crippen LogP contribution in [0.5, 0.6) is 11.5 Å². The number of benzene rings is 2. The third kappa shape index (κ3) is 6.14. The normalized spacial score (nSPS) is 10.4. The summed E-state index contributed by atoms with van der Waals surface area (Å²) in [5.41, 5.74) is 3.65. The summed E-state index contributed by atoms with van der Waals surface area (Å²) in [6.45, 7) is 2.70. The average Bonchev–Trinajstić information content (AvgIpc) is 2.63. The highest BCUT2D eigenvalue weighted by Gasteiger charge is 2.06. The molecule has 1 amide bonds. The van der Waals surface area contributed by atoms with Crippen LogP contribution in [0.2, 0.25) is 0 Å². The summed E-state index contributed by atoms with van der Waals surface area (Å²) < 4.78 is 10.5. The number of hydrogen-bond acceptors (Lipinski definition) is 3. The molecule has 4 heteroatoms. The fourth-order valence-corrected chi connectivity index (χ4v) is 2.68. The first-order chi connectivity index (χ1) is 12.1. The Labute approximate surface area is 150 Å². The standard InChI is InChI=1S/C21H27NO3/c1-16-7-9-17(10-8-16)5-4-6-21(23)22-14-13-18-11-12-19(24-2)20(15-18)25-3/h7-12,15H,4-6,13-14H2,1-3H3,(H,22,23). The molecular weight excluding hydrogens is 314 g/mol. The molecular formula is C21H27NO3. The fraction of sp³-hybridized carbons (Fsp3) is 0.381. The number of carbonyl (C=O) groups is 1. The van der Waals surface area contributed by atoms with E-state index in [1.54, 1.807) is 14.2 Å². The van der Waals surface area contributed by atoms with Crippen molar-refractivity contribution in [2.45, 2.75) is 32.6 Å². The number of methoxy groups -OCH3 is 2. The Bertz CT molecular complexity index is 680. The Hall–Kier alpha value is -2.49. The molecule has 0 saturated carbocycles. The molecule has 0 aliphatic rings.